The van der Waals surface area contributed by atoms with E-state index in [0.29, 0.717) is 56.8 Å². The van der Waals surface area contributed by atoms with E-state index in [2.05, 4.69) is 31.2 Å². The summed E-state index contributed by atoms with van der Waals surface area (Å²) in [6.45, 7) is 2.73. The summed E-state index contributed by atoms with van der Waals surface area (Å²) in [5, 5.41) is 13.6. The summed E-state index contributed by atoms with van der Waals surface area (Å²) in [7, 11) is 0. The lowest BCUT2D eigenvalue weighted by atomic mass is 10.1. The van der Waals surface area contributed by atoms with E-state index in [9.17, 15) is 19.2 Å². The minimum absolute atomic E-state index is 0.201. The van der Waals surface area contributed by atoms with E-state index in [0.717, 1.165) is 35.0 Å². The molecule has 2 aliphatic rings. The van der Waals surface area contributed by atoms with Crippen LogP contribution in [0.3, 0.4) is 0 Å². The first-order valence-corrected chi connectivity index (χ1v) is 19.5. The number of halogens is 2. The maximum Gasteiger partial charge on any atom is 0.256 e. The van der Waals surface area contributed by atoms with Crippen molar-refractivity contribution < 1.29 is 19.2 Å². The average Bonchev–Trinajstić information content (AvgIpc) is 3.46. The highest BCUT2D eigenvalue weighted by Crippen LogP contribution is 2.41. The van der Waals surface area contributed by atoms with Crippen LogP contribution in [0, 0.1) is 6.92 Å². The van der Waals surface area contributed by atoms with Gasteiger partial charge in [-0.25, -0.2) is 4.98 Å². The van der Waals surface area contributed by atoms with Gasteiger partial charge in [-0.3, -0.25) is 24.2 Å². The predicted octanol–water partition coefficient (Wildman–Crippen LogP) is 9.13. The number of nitrogens with zero attached hydrogens (tertiary/aromatic N) is 2. The molecular weight excluding hydrogens is 784 g/mol. The monoisotopic (exact) mass is 810 g/mol. The number of anilines is 2. The number of hydrogen-bond donors (Lipinski definition) is 4. The number of aryl methyl sites for hydroxylation is 1. The molecule has 0 spiro atoms. The zero-order valence-corrected chi connectivity index (χ0v) is 32.2. The Bertz CT molecular complexity index is 2440. The lowest BCUT2D eigenvalue weighted by Crippen LogP contribution is -2.23. The summed E-state index contributed by atoms with van der Waals surface area (Å²) in [5.41, 5.74) is 4.21. The summed E-state index contributed by atoms with van der Waals surface area (Å²) in [5.74, 6) is -0.856. The molecule has 0 aliphatic carbocycles. The fourth-order valence-corrected chi connectivity index (χ4v) is 8.72. The van der Waals surface area contributed by atoms with Crippen LogP contribution in [0.25, 0.3) is 0 Å². The topological polar surface area (TPSA) is 142 Å². The van der Waals surface area contributed by atoms with Gasteiger partial charge in [-0.1, -0.05) is 52.8 Å². The van der Waals surface area contributed by atoms with E-state index >= 15 is 0 Å². The van der Waals surface area contributed by atoms with E-state index < -0.39 is 0 Å². The fourth-order valence-electron chi connectivity index (χ4n) is 5.41. The number of carbonyl (C=O) groups is 4. The van der Waals surface area contributed by atoms with Gasteiger partial charge < -0.3 is 21.3 Å². The van der Waals surface area contributed by atoms with Crippen LogP contribution < -0.4 is 21.3 Å². The van der Waals surface area contributed by atoms with Gasteiger partial charge in [0.2, 0.25) is 0 Å². The Labute approximate surface area is 332 Å². The van der Waals surface area contributed by atoms with Crippen LogP contribution in [0.5, 0.6) is 0 Å². The molecule has 0 saturated carbocycles. The van der Waals surface area contributed by atoms with Crippen LogP contribution in [0.15, 0.2) is 123 Å². The Kier molecular flexibility index (Phi) is 11.3. The maximum atomic E-state index is 12.5. The second kappa shape index (κ2) is 16.5. The van der Waals surface area contributed by atoms with Gasteiger partial charge in [0.05, 0.1) is 34.1 Å². The predicted molar refractivity (Wildman–Crippen MR) is 213 cm³/mol. The van der Waals surface area contributed by atoms with E-state index in [1.54, 1.807) is 90.6 Å². The molecule has 4 amide bonds. The van der Waals surface area contributed by atoms with Crippen molar-refractivity contribution in [2.24, 2.45) is 0 Å². The molecule has 10 nitrogen and oxygen atoms in total. The Balaban J connectivity index is 0.000000167. The van der Waals surface area contributed by atoms with Crippen LogP contribution in [-0.4, -0.2) is 33.6 Å². The van der Waals surface area contributed by atoms with E-state index in [1.165, 1.54) is 23.5 Å². The van der Waals surface area contributed by atoms with Crippen LogP contribution in [0.1, 0.15) is 56.9 Å². The summed E-state index contributed by atoms with van der Waals surface area (Å²) in [4.78, 5) is 62.4. The van der Waals surface area contributed by atoms with E-state index in [-0.39, 0.29) is 23.6 Å². The molecule has 0 saturated heterocycles. The second-order valence-electron chi connectivity index (χ2n) is 11.9. The number of rotatable bonds is 6. The molecule has 2 aliphatic heterocycles. The summed E-state index contributed by atoms with van der Waals surface area (Å²) in [6, 6.07) is 24.6. The number of thiazole rings is 1. The first-order chi connectivity index (χ1) is 26.1. The number of pyridine rings is 1. The van der Waals surface area contributed by atoms with Gasteiger partial charge in [-0.05, 0) is 91.3 Å². The highest BCUT2D eigenvalue weighted by Gasteiger charge is 2.23. The molecule has 6 aromatic rings. The lowest BCUT2D eigenvalue weighted by Gasteiger charge is -2.10. The van der Waals surface area contributed by atoms with Gasteiger partial charge >= 0.3 is 0 Å². The van der Waals surface area contributed by atoms with Gasteiger partial charge in [0.1, 0.15) is 0 Å². The number of nitrogens with one attached hydrogen (secondary N) is 4. The molecule has 15 heteroatoms. The number of fused-ring (bicyclic) bond motifs is 4. The molecule has 4 N–H and O–H groups in total. The Morgan fingerprint density at radius 2 is 1.24 bits per heavy atom. The SMILES string of the molecule is Cc1ncc(CNC(=O)c2ccc3c(c2)NC(=O)c2ccc(Cl)cc2S3)s1.O=C(NCc1cccnc1)c1ccc2c(c1)NC(=O)c1ccc(Cl)cc1S2. The molecule has 4 aromatic carbocycles. The molecule has 2 aromatic heterocycles. The van der Waals surface area contributed by atoms with Crippen LogP contribution in [-0.2, 0) is 13.1 Å². The molecule has 0 unspecified atom stereocenters. The highest BCUT2D eigenvalue weighted by atomic mass is 35.5. The zero-order valence-electron chi connectivity index (χ0n) is 28.2. The van der Waals surface area contributed by atoms with E-state index in [4.69, 9.17) is 23.2 Å². The van der Waals surface area contributed by atoms with Gasteiger partial charge in [0.15, 0.2) is 0 Å². The Morgan fingerprint density at radius 3 is 1.74 bits per heavy atom. The maximum absolute atomic E-state index is 12.5. The quantitative estimate of drug-likeness (QED) is 0.131. The van der Waals surface area contributed by atoms with Crippen molar-refractivity contribution >= 4 is 93.1 Å². The number of benzene rings is 4. The smallest absolute Gasteiger partial charge is 0.256 e. The Hall–Kier alpha value is -5.18. The fraction of sp³-hybridized carbons (Fsp3) is 0.0769. The minimum Gasteiger partial charge on any atom is -0.348 e. The largest absolute Gasteiger partial charge is 0.348 e. The van der Waals surface area contributed by atoms with Crippen molar-refractivity contribution in [3.63, 3.8) is 0 Å². The molecule has 0 atom stereocenters. The third kappa shape index (κ3) is 8.78. The molecule has 8 rings (SSSR count). The zero-order chi connectivity index (χ0) is 37.8. The minimum atomic E-state index is -0.221. The molecule has 0 fully saturated rings. The van der Waals surface area contributed by atoms with Crippen molar-refractivity contribution in [2.75, 3.05) is 10.6 Å². The van der Waals surface area contributed by atoms with Crippen LogP contribution in [0.2, 0.25) is 10.0 Å². The summed E-state index contributed by atoms with van der Waals surface area (Å²) < 4.78 is 0. The molecule has 54 heavy (non-hydrogen) atoms. The molecule has 0 radical (unpaired) electrons. The first kappa shape index (κ1) is 37.1. The average molecular weight is 812 g/mol. The van der Waals surface area contributed by atoms with Gasteiger partial charge in [0.25, 0.3) is 23.6 Å². The third-order valence-corrected chi connectivity index (χ3v) is 11.7. The molecular formula is C39H28Cl2N6O4S3. The summed E-state index contributed by atoms with van der Waals surface area (Å²) >= 11 is 16.6. The normalized spacial score (nSPS) is 12.5. The number of carbonyl (C=O) groups excluding carboxylic acids is 4. The van der Waals surface area contributed by atoms with Gasteiger partial charge in [-0.15, -0.1) is 11.3 Å². The number of hydrogen-bond acceptors (Lipinski definition) is 9. The van der Waals surface area contributed by atoms with E-state index in [1.807, 2.05) is 31.2 Å². The van der Waals surface area contributed by atoms with Crippen LogP contribution in [0.4, 0.5) is 11.4 Å². The standard InChI is InChI=1S/C20H14ClN3O2S.C19H14ClN3O2S2/c21-14-4-5-15-18(9-14)27-17-6-3-13(8-16(17)24-20(15)26)19(25)23-11-12-2-1-7-22-10-12;1-10-21-8-13(26-10)9-22-18(24)11-2-5-16-15(6-11)23-19(25)14-4-3-12(20)7-17(14)27-16/h1-10H,11H2,(H,23,25)(H,24,26);2-8H,9H2,1H3,(H,22,24)(H,23,25). The third-order valence-electron chi connectivity index (χ3n) is 8.06. The van der Waals surface area contributed by atoms with Crippen molar-refractivity contribution in [1.82, 2.24) is 20.6 Å². The first-order valence-electron chi connectivity index (χ1n) is 16.3. The van der Waals surface area contributed by atoms with Crippen molar-refractivity contribution in [3.8, 4) is 0 Å². The van der Waals surface area contributed by atoms with Gasteiger partial charge in [0, 0.05) is 70.8 Å². The van der Waals surface area contributed by atoms with Crippen LogP contribution >= 0.6 is 58.1 Å². The van der Waals surface area contributed by atoms with Crippen molar-refractivity contribution in [2.45, 2.75) is 39.6 Å². The number of amides is 4. The molecule has 0 bridgehead atoms. The molecule has 4 heterocycles. The van der Waals surface area contributed by atoms with Crippen molar-refractivity contribution in [3.05, 3.63) is 151 Å². The number of aromatic nitrogens is 2. The van der Waals surface area contributed by atoms with Crippen molar-refractivity contribution in [1.29, 1.82) is 0 Å². The Morgan fingerprint density at radius 1 is 0.685 bits per heavy atom. The highest BCUT2D eigenvalue weighted by molar-refractivity contribution is 8.00. The molecule has 270 valence electrons. The lowest BCUT2D eigenvalue weighted by molar-refractivity contribution is 0.0943. The summed E-state index contributed by atoms with van der Waals surface area (Å²) in [6.07, 6.45) is 5.15. The second-order valence-corrected chi connectivity index (χ2v) is 16.2. The van der Waals surface area contributed by atoms with Gasteiger partial charge in [-0.2, -0.15) is 0 Å².